The van der Waals surface area contributed by atoms with Crippen LogP contribution in [0.25, 0.3) is 0 Å². The first-order valence-corrected chi connectivity index (χ1v) is 14.2. The Balaban J connectivity index is 1.25. The molecular formula is C27H36N2O6S. The normalized spacial score (nSPS) is 17.3. The van der Waals surface area contributed by atoms with Crippen molar-refractivity contribution in [1.29, 1.82) is 0 Å². The van der Waals surface area contributed by atoms with E-state index in [-0.39, 0.29) is 31.0 Å². The molecule has 2 aliphatic heterocycles. The van der Waals surface area contributed by atoms with E-state index in [4.69, 9.17) is 14.7 Å². The van der Waals surface area contributed by atoms with E-state index in [9.17, 15) is 13.2 Å². The maximum absolute atomic E-state index is 13.3. The van der Waals surface area contributed by atoms with Crippen LogP contribution < -0.4 is 15.1 Å². The van der Waals surface area contributed by atoms with E-state index in [1.807, 2.05) is 0 Å². The summed E-state index contributed by atoms with van der Waals surface area (Å²) in [7, 11) is -4.03. The summed E-state index contributed by atoms with van der Waals surface area (Å²) in [4.78, 5) is 14.9. The van der Waals surface area contributed by atoms with E-state index in [1.165, 1.54) is 40.8 Å². The van der Waals surface area contributed by atoms with Crippen molar-refractivity contribution in [2.45, 2.75) is 61.5 Å². The predicted molar refractivity (Wildman–Crippen MR) is 137 cm³/mol. The Morgan fingerprint density at radius 1 is 1.11 bits per heavy atom. The number of rotatable bonds is 10. The third kappa shape index (κ3) is 5.53. The van der Waals surface area contributed by atoms with Gasteiger partial charge in [-0.3, -0.25) is 10.0 Å². The summed E-state index contributed by atoms with van der Waals surface area (Å²) in [6.07, 6.45) is 5.38. The summed E-state index contributed by atoms with van der Waals surface area (Å²) in [5.74, 6) is -0.337. The Kier molecular flexibility index (Phi) is 8.54. The number of carbonyl (C=O) groups is 1. The van der Waals surface area contributed by atoms with Gasteiger partial charge in [-0.1, -0.05) is 17.7 Å². The van der Waals surface area contributed by atoms with Crippen molar-refractivity contribution in [2.75, 3.05) is 37.8 Å². The Morgan fingerprint density at radius 2 is 1.86 bits per heavy atom. The molecule has 0 atom stereocenters. The van der Waals surface area contributed by atoms with Crippen LogP contribution in [0.5, 0.6) is 5.75 Å². The lowest BCUT2D eigenvalue weighted by atomic mass is 9.98. The SMILES string of the molecule is Cc1ccc2c(c1)CCCN2CCCCCOc1ccc(S(=O)(=O)C2(C(=O)NO)CCOCC2)cc1. The number of ether oxygens (including phenoxy) is 2. The van der Waals surface area contributed by atoms with Gasteiger partial charge in [0.15, 0.2) is 14.6 Å². The molecular weight excluding hydrogens is 480 g/mol. The largest absolute Gasteiger partial charge is 0.494 e. The number of unbranched alkanes of at least 4 members (excludes halogenated alkanes) is 2. The topological polar surface area (TPSA) is 105 Å². The van der Waals surface area contributed by atoms with Crippen molar-refractivity contribution in [2.24, 2.45) is 0 Å². The lowest BCUT2D eigenvalue weighted by molar-refractivity contribution is -0.134. The summed E-state index contributed by atoms with van der Waals surface area (Å²) >= 11 is 0. The molecule has 0 radical (unpaired) electrons. The summed E-state index contributed by atoms with van der Waals surface area (Å²) in [5.41, 5.74) is 5.68. The van der Waals surface area contributed by atoms with Gasteiger partial charge in [0.2, 0.25) is 0 Å². The van der Waals surface area contributed by atoms with Gasteiger partial charge >= 0.3 is 0 Å². The van der Waals surface area contributed by atoms with Crippen LogP contribution in [-0.2, 0) is 25.8 Å². The van der Waals surface area contributed by atoms with Gasteiger partial charge < -0.3 is 14.4 Å². The van der Waals surface area contributed by atoms with Crippen LogP contribution in [0.15, 0.2) is 47.4 Å². The number of aryl methyl sites for hydroxylation is 2. The van der Waals surface area contributed by atoms with Crippen molar-refractivity contribution in [3.8, 4) is 5.75 Å². The smallest absolute Gasteiger partial charge is 0.265 e. The van der Waals surface area contributed by atoms with Gasteiger partial charge in [0.25, 0.3) is 5.91 Å². The number of fused-ring (bicyclic) bond motifs is 1. The molecule has 0 aromatic heterocycles. The van der Waals surface area contributed by atoms with E-state index in [2.05, 4.69) is 30.0 Å². The lowest BCUT2D eigenvalue weighted by Crippen LogP contribution is -2.54. The molecule has 2 aromatic rings. The molecule has 4 rings (SSSR count). The van der Waals surface area contributed by atoms with Crippen LogP contribution in [0.2, 0.25) is 0 Å². The third-order valence-corrected chi connectivity index (χ3v) is 9.77. The number of amides is 1. The first kappa shape index (κ1) is 26.4. The van der Waals surface area contributed by atoms with Crippen LogP contribution in [0.4, 0.5) is 5.69 Å². The minimum absolute atomic E-state index is 0.0113. The van der Waals surface area contributed by atoms with Gasteiger partial charge in [-0.25, -0.2) is 13.9 Å². The molecule has 2 N–H and O–H groups in total. The van der Waals surface area contributed by atoms with E-state index >= 15 is 0 Å². The van der Waals surface area contributed by atoms with Crippen LogP contribution in [0, 0.1) is 6.92 Å². The molecule has 36 heavy (non-hydrogen) atoms. The van der Waals surface area contributed by atoms with Crippen LogP contribution in [-0.4, -0.2) is 57.2 Å². The second-order valence-electron chi connectivity index (χ2n) is 9.65. The van der Waals surface area contributed by atoms with E-state index in [0.717, 1.165) is 38.8 Å². The van der Waals surface area contributed by atoms with Gasteiger partial charge in [0.05, 0.1) is 11.5 Å². The Hall–Kier alpha value is -2.62. The van der Waals surface area contributed by atoms with Gasteiger partial charge in [-0.15, -0.1) is 0 Å². The monoisotopic (exact) mass is 516 g/mol. The zero-order valence-corrected chi connectivity index (χ0v) is 21.7. The molecule has 2 aliphatic rings. The number of hydrogen-bond donors (Lipinski definition) is 2. The Labute approximate surface area is 213 Å². The van der Waals surface area contributed by atoms with Crippen molar-refractivity contribution < 1.29 is 27.9 Å². The maximum Gasteiger partial charge on any atom is 0.265 e. The summed E-state index contributed by atoms with van der Waals surface area (Å²) in [6.45, 7) is 5.11. The highest BCUT2D eigenvalue weighted by molar-refractivity contribution is 7.93. The minimum atomic E-state index is -4.03. The summed E-state index contributed by atoms with van der Waals surface area (Å²) < 4.78 is 35.9. The number of benzene rings is 2. The summed E-state index contributed by atoms with van der Waals surface area (Å²) in [6, 6.07) is 12.9. The number of hydrogen-bond acceptors (Lipinski definition) is 7. The molecule has 8 nitrogen and oxygen atoms in total. The van der Waals surface area contributed by atoms with Crippen molar-refractivity contribution in [3.63, 3.8) is 0 Å². The molecule has 1 saturated heterocycles. The predicted octanol–water partition coefficient (Wildman–Crippen LogP) is 3.83. The highest BCUT2D eigenvalue weighted by atomic mass is 32.2. The fraction of sp³-hybridized carbons (Fsp3) is 0.519. The fourth-order valence-corrected chi connectivity index (χ4v) is 7.11. The Morgan fingerprint density at radius 3 is 2.58 bits per heavy atom. The number of hydroxylamine groups is 1. The van der Waals surface area contributed by atoms with Crippen molar-refractivity contribution >= 4 is 21.4 Å². The first-order valence-electron chi connectivity index (χ1n) is 12.7. The first-order chi connectivity index (χ1) is 17.4. The van der Waals surface area contributed by atoms with E-state index < -0.39 is 20.5 Å². The zero-order chi connectivity index (χ0) is 25.6. The summed E-state index contributed by atoms with van der Waals surface area (Å²) in [5, 5.41) is 9.17. The van der Waals surface area contributed by atoms with Crippen LogP contribution in [0.3, 0.4) is 0 Å². The highest BCUT2D eigenvalue weighted by Crippen LogP contribution is 2.36. The maximum atomic E-state index is 13.3. The molecule has 9 heteroatoms. The molecule has 0 bridgehead atoms. The average Bonchev–Trinajstić information content (AvgIpc) is 2.90. The minimum Gasteiger partial charge on any atom is -0.494 e. The molecule has 1 amide bonds. The lowest BCUT2D eigenvalue weighted by Gasteiger charge is -2.34. The van der Waals surface area contributed by atoms with Crippen molar-refractivity contribution in [1.82, 2.24) is 5.48 Å². The highest BCUT2D eigenvalue weighted by Gasteiger charge is 2.52. The van der Waals surface area contributed by atoms with Crippen molar-refractivity contribution in [3.05, 3.63) is 53.6 Å². The third-order valence-electron chi connectivity index (χ3n) is 7.26. The molecule has 1 fully saturated rings. The van der Waals surface area contributed by atoms with E-state index in [0.29, 0.717) is 12.4 Å². The Bertz CT molecular complexity index is 1140. The molecule has 0 spiro atoms. The number of sulfone groups is 1. The zero-order valence-electron chi connectivity index (χ0n) is 20.9. The van der Waals surface area contributed by atoms with Gasteiger partial charge in [0.1, 0.15) is 5.75 Å². The van der Waals surface area contributed by atoms with Gasteiger partial charge in [0, 0.05) is 32.0 Å². The van der Waals surface area contributed by atoms with Gasteiger partial charge in [-0.2, -0.15) is 0 Å². The molecule has 0 aliphatic carbocycles. The molecule has 0 saturated carbocycles. The van der Waals surface area contributed by atoms with Gasteiger partial charge in [-0.05, 0) is 87.8 Å². The van der Waals surface area contributed by atoms with Crippen LogP contribution in [0.1, 0.15) is 49.7 Å². The molecule has 2 heterocycles. The molecule has 2 aromatic carbocycles. The number of nitrogens with one attached hydrogen (secondary N) is 1. The second-order valence-corrected chi connectivity index (χ2v) is 11.9. The number of carbonyl (C=O) groups excluding carboxylic acids is 1. The second kappa shape index (κ2) is 11.6. The fourth-order valence-electron chi connectivity index (χ4n) is 5.17. The number of anilines is 1. The number of nitrogens with zero attached hydrogens (tertiary/aromatic N) is 1. The average molecular weight is 517 g/mol. The quantitative estimate of drug-likeness (QED) is 0.281. The standard InChI is InChI=1S/C27H36N2O6S/c1-21-7-12-25-22(20-21)6-5-16-29(25)15-3-2-4-17-35-23-8-10-24(11-9-23)36(32,33)27(26(30)28-31)13-18-34-19-14-27/h7-12,20,31H,2-6,13-19H2,1H3,(H,28,30). The van der Waals surface area contributed by atoms with E-state index in [1.54, 1.807) is 12.1 Å². The molecule has 0 unspecified atom stereocenters. The van der Waals surface area contributed by atoms with Crippen LogP contribution >= 0.6 is 0 Å². The molecule has 196 valence electrons.